The Kier molecular flexibility index (Phi) is 3.51. The molecule has 6 heteroatoms. The zero-order valence-corrected chi connectivity index (χ0v) is 11.6. The summed E-state index contributed by atoms with van der Waals surface area (Å²) in [5.74, 6) is 0.486. The predicted octanol–water partition coefficient (Wildman–Crippen LogP) is 1.93. The number of benzene rings is 1. The molecule has 6 nitrogen and oxygen atoms in total. The molecule has 106 valence electrons. The molecule has 1 amide bonds. The molecule has 21 heavy (non-hydrogen) atoms. The molecule has 0 fully saturated rings. The SMILES string of the molecule is CNc1nc(C(=O)NCc2cn[nH]c2)cc2ccccc12. The molecule has 0 bridgehead atoms. The Morgan fingerprint density at radius 1 is 1.33 bits per heavy atom. The van der Waals surface area contributed by atoms with Gasteiger partial charge in [0.05, 0.1) is 6.20 Å². The monoisotopic (exact) mass is 281 g/mol. The molecule has 2 aromatic heterocycles. The lowest BCUT2D eigenvalue weighted by atomic mass is 10.1. The highest BCUT2D eigenvalue weighted by atomic mass is 16.1. The number of amides is 1. The van der Waals surface area contributed by atoms with Gasteiger partial charge < -0.3 is 10.6 Å². The minimum absolute atomic E-state index is 0.210. The van der Waals surface area contributed by atoms with E-state index in [4.69, 9.17) is 0 Å². The fourth-order valence-electron chi connectivity index (χ4n) is 2.15. The minimum atomic E-state index is -0.210. The maximum atomic E-state index is 12.2. The third-order valence-electron chi connectivity index (χ3n) is 3.22. The Bertz CT molecular complexity index is 767. The van der Waals surface area contributed by atoms with Crippen molar-refractivity contribution in [1.29, 1.82) is 0 Å². The van der Waals surface area contributed by atoms with Crippen LogP contribution in [0, 0.1) is 0 Å². The van der Waals surface area contributed by atoms with Crippen molar-refractivity contribution in [1.82, 2.24) is 20.5 Å². The highest BCUT2D eigenvalue weighted by Crippen LogP contribution is 2.22. The van der Waals surface area contributed by atoms with Crippen molar-refractivity contribution in [3.8, 4) is 0 Å². The molecule has 0 spiro atoms. The van der Waals surface area contributed by atoms with Gasteiger partial charge in [0.25, 0.3) is 5.91 Å². The minimum Gasteiger partial charge on any atom is -0.373 e. The van der Waals surface area contributed by atoms with Crippen LogP contribution < -0.4 is 10.6 Å². The van der Waals surface area contributed by atoms with Crippen LogP contribution in [0.2, 0.25) is 0 Å². The lowest BCUT2D eigenvalue weighted by molar-refractivity contribution is 0.0946. The lowest BCUT2D eigenvalue weighted by Gasteiger charge is -2.09. The van der Waals surface area contributed by atoms with E-state index in [2.05, 4.69) is 25.8 Å². The molecule has 3 N–H and O–H groups in total. The van der Waals surface area contributed by atoms with Crippen LogP contribution in [0.25, 0.3) is 10.8 Å². The zero-order chi connectivity index (χ0) is 14.7. The van der Waals surface area contributed by atoms with E-state index in [1.54, 1.807) is 25.5 Å². The van der Waals surface area contributed by atoms with Crippen LogP contribution in [0.3, 0.4) is 0 Å². The van der Waals surface area contributed by atoms with Gasteiger partial charge in [-0.25, -0.2) is 4.98 Å². The Balaban J connectivity index is 1.87. The van der Waals surface area contributed by atoms with Gasteiger partial charge in [0.1, 0.15) is 11.5 Å². The van der Waals surface area contributed by atoms with Gasteiger partial charge in [-0.1, -0.05) is 24.3 Å². The number of H-pyrrole nitrogens is 1. The fourth-order valence-corrected chi connectivity index (χ4v) is 2.15. The largest absolute Gasteiger partial charge is 0.373 e. The molecule has 0 saturated heterocycles. The van der Waals surface area contributed by atoms with Gasteiger partial charge in [-0.15, -0.1) is 0 Å². The van der Waals surface area contributed by atoms with E-state index in [-0.39, 0.29) is 5.91 Å². The molecule has 2 heterocycles. The normalized spacial score (nSPS) is 10.5. The number of nitrogens with zero attached hydrogens (tertiary/aromatic N) is 2. The van der Waals surface area contributed by atoms with Crippen LogP contribution in [0.1, 0.15) is 16.1 Å². The van der Waals surface area contributed by atoms with Crippen molar-refractivity contribution in [3.05, 3.63) is 54.0 Å². The second-order valence-electron chi connectivity index (χ2n) is 4.62. The van der Waals surface area contributed by atoms with E-state index in [0.717, 1.165) is 16.3 Å². The molecule has 0 aliphatic rings. The van der Waals surface area contributed by atoms with Crippen molar-refractivity contribution >= 4 is 22.5 Å². The van der Waals surface area contributed by atoms with Crippen LogP contribution in [-0.4, -0.2) is 28.1 Å². The number of rotatable bonds is 4. The number of fused-ring (bicyclic) bond motifs is 1. The molecule has 3 aromatic rings. The van der Waals surface area contributed by atoms with Gasteiger partial charge >= 0.3 is 0 Å². The van der Waals surface area contributed by atoms with Crippen LogP contribution in [0.4, 0.5) is 5.82 Å². The first-order valence-corrected chi connectivity index (χ1v) is 6.61. The predicted molar refractivity (Wildman–Crippen MR) is 81.0 cm³/mol. The number of carbonyl (C=O) groups excluding carboxylic acids is 1. The van der Waals surface area contributed by atoms with E-state index in [1.165, 1.54) is 0 Å². The van der Waals surface area contributed by atoms with Crippen molar-refractivity contribution in [2.24, 2.45) is 0 Å². The molecule has 0 atom stereocenters. The molecule has 0 saturated carbocycles. The summed E-state index contributed by atoms with van der Waals surface area (Å²) in [7, 11) is 1.79. The van der Waals surface area contributed by atoms with E-state index in [1.807, 2.05) is 24.3 Å². The summed E-state index contributed by atoms with van der Waals surface area (Å²) < 4.78 is 0. The maximum absolute atomic E-state index is 12.2. The van der Waals surface area contributed by atoms with Gasteiger partial charge in [-0.2, -0.15) is 5.10 Å². The standard InChI is InChI=1S/C15H15N5O/c1-16-14-12-5-3-2-4-11(12)6-13(20-14)15(21)17-7-10-8-18-19-9-10/h2-6,8-9H,7H2,1H3,(H,16,20)(H,17,21)(H,18,19). The third kappa shape index (κ3) is 2.69. The Labute approximate surface area is 121 Å². The average Bonchev–Trinajstić information content (AvgIpc) is 3.04. The lowest BCUT2D eigenvalue weighted by Crippen LogP contribution is -2.23. The highest BCUT2D eigenvalue weighted by Gasteiger charge is 2.11. The zero-order valence-electron chi connectivity index (χ0n) is 11.6. The van der Waals surface area contributed by atoms with Crippen LogP contribution >= 0.6 is 0 Å². The second kappa shape index (κ2) is 5.62. The van der Waals surface area contributed by atoms with Crippen LogP contribution in [-0.2, 0) is 6.54 Å². The van der Waals surface area contributed by atoms with Gasteiger partial charge in [-0.3, -0.25) is 9.89 Å². The van der Waals surface area contributed by atoms with Gasteiger partial charge in [-0.05, 0) is 11.5 Å². The maximum Gasteiger partial charge on any atom is 0.270 e. The number of aromatic amines is 1. The summed E-state index contributed by atoms with van der Waals surface area (Å²) in [5.41, 5.74) is 1.31. The summed E-state index contributed by atoms with van der Waals surface area (Å²) in [6, 6.07) is 9.62. The summed E-state index contributed by atoms with van der Waals surface area (Å²) in [6.45, 7) is 0.415. The smallest absolute Gasteiger partial charge is 0.270 e. The van der Waals surface area contributed by atoms with Gasteiger partial charge in [0, 0.05) is 30.7 Å². The molecule has 0 aliphatic heterocycles. The van der Waals surface area contributed by atoms with E-state index in [0.29, 0.717) is 18.1 Å². The van der Waals surface area contributed by atoms with E-state index in [9.17, 15) is 4.79 Å². The molecule has 1 aromatic carbocycles. The number of carbonyl (C=O) groups is 1. The summed E-state index contributed by atoms with van der Waals surface area (Å²) >= 11 is 0. The van der Waals surface area contributed by atoms with Gasteiger partial charge in [0.2, 0.25) is 0 Å². The van der Waals surface area contributed by atoms with E-state index < -0.39 is 0 Å². The molecule has 0 unspecified atom stereocenters. The average molecular weight is 281 g/mol. The number of hydrogen-bond donors (Lipinski definition) is 3. The highest BCUT2D eigenvalue weighted by molar-refractivity contribution is 6.00. The fraction of sp³-hybridized carbons (Fsp3) is 0.133. The Morgan fingerprint density at radius 2 is 2.19 bits per heavy atom. The summed E-state index contributed by atoms with van der Waals surface area (Å²) in [6.07, 6.45) is 3.42. The molecule has 3 rings (SSSR count). The van der Waals surface area contributed by atoms with Crippen LogP contribution in [0.5, 0.6) is 0 Å². The van der Waals surface area contributed by atoms with Crippen LogP contribution in [0.15, 0.2) is 42.7 Å². The van der Waals surface area contributed by atoms with Crippen molar-refractivity contribution in [2.75, 3.05) is 12.4 Å². The van der Waals surface area contributed by atoms with Crippen molar-refractivity contribution < 1.29 is 4.79 Å². The third-order valence-corrected chi connectivity index (χ3v) is 3.22. The number of aromatic nitrogens is 3. The quantitative estimate of drug-likeness (QED) is 0.682. The number of pyridine rings is 1. The Morgan fingerprint density at radius 3 is 2.95 bits per heavy atom. The number of hydrogen-bond acceptors (Lipinski definition) is 4. The first kappa shape index (κ1) is 13.1. The molecular formula is C15H15N5O. The first-order valence-electron chi connectivity index (χ1n) is 6.61. The number of anilines is 1. The molecule has 0 aliphatic carbocycles. The Hall–Kier alpha value is -2.89. The molecular weight excluding hydrogens is 266 g/mol. The first-order chi connectivity index (χ1) is 10.3. The number of nitrogens with one attached hydrogen (secondary N) is 3. The summed E-state index contributed by atoms with van der Waals surface area (Å²) in [5, 5.41) is 14.4. The van der Waals surface area contributed by atoms with E-state index >= 15 is 0 Å². The second-order valence-corrected chi connectivity index (χ2v) is 4.62. The topological polar surface area (TPSA) is 82.7 Å². The summed E-state index contributed by atoms with van der Waals surface area (Å²) in [4.78, 5) is 16.6. The molecule has 0 radical (unpaired) electrons. The van der Waals surface area contributed by atoms with Crippen molar-refractivity contribution in [2.45, 2.75) is 6.54 Å². The van der Waals surface area contributed by atoms with Gasteiger partial charge in [0.15, 0.2) is 0 Å². The van der Waals surface area contributed by atoms with Crippen molar-refractivity contribution in [3.63, 3.8) is 0 Å².